The van der Waals surface area contributed by atoms with E-state index < -0.39 is 0 Å². The molecule has 15 heavy (non-hydrogen) atoms. The van der Waals surface area contributed by atoms with E-state index in [2.05, 4.69) is 33.4 Å². The molecular formula is C12H14BrNO. The normalized spacial score (nSPS) is 26.7. The van der Waals surface area contributed by atoms with Crippen LogP contribution in [0.1, 0.15) is 24.9 Å². The fourth-order valence-electron chi connectivity index (χ4n) is 1.87. The van der Waals surface area contributed by atoms with E-state index in [0.29, 0.717) is 12.2 Å². The number of halogens is 1. The molecule has 1 N–H and O–H groups in total. The third kappa shape index (κ3) is 2.47. The van der Waals surface area contributed by atoms with Gasteiger partial charge in [-0.3, -0.25) is 4.79 Å². The number of rotatable bonds is 1. The van der Waals surface area contributed by atoms with Gasteiger partial charge in [0.2, 0.25) is 0 Å². The molecule has 1 aliphatic heterocycles. The number of nitrogens with one attached hydrogen (secondary N) is 1. The van der Waals surface area contributed by atoms with Crippen molar-refractivity contribution >= 4 is 21.7 Å². The maximum atomic E-state index is 11.6. The highest BCUT2D eigenvalue weighted by Gasteiger charge is 2.25. The van der Waals surface area contributed by atoms with Gasteiger partial charge in [-0.15, -0.1) is 0 Å². The molecule has 1 saturated heterocycles. The fraction of sp³-hybridized carbons (Fsp3) is 0.417. The minimum atomic E-state index is 0.161. The summed E-state index contributed by atoms with van der Waals surface area (Å²) >= 11 is 3.44. The first-order valence-electron chi connectivity index (χ1n) is 5.18. The van der Waals surface area contributed by atoms with Crippen molar-refractivity contribution in [2.45, 2.75) is 19.4 Å². The summed E-state index contributed by atoms with van der Waals surface area (Å²) in [5.41, 5.74) is 1.18. The van der Waals surface area contributed by atoms with Gasteiger partial charge >= 0.3 is 0 Å². The molecule has 0 aliphatic carbocycles. The van der Waals surface area contributed by atoms with E-state index in [1.54, 1.807) is 0 Å². The lowest BCUT2D eigenvalue weighted by Gasteiger charge is -2.27. The SMILES string of the molecule is C[C@@H]1CN[C@@H](c2cccc(Br)c2)CC1=O. The third-order valence-corrected chi connectivity index (χ3v) is 3.37. The van der Waals surface area contributed by atoms with E-state index in [4.69, 9.17) is 0 Å². The molecule has 2 rings (SSSR count). The van der Waals surface area contributed by atoms with Gasteiger partial charge in [-0.05, 0) is 17.7 Å². The van der Waals surface area contributed by atoms with Crippen molar-refractivity contribution < 1.29 is 4.79 Å². The van der Waals surface area contributed by atoms with Crippen molar-refractivity contribution in [1.29, 1.82) is 0 Å². The lowest BCUT2D eigenvalue weighted by molar-refractivity contribution is -0.124. The summed E-state index contributed by atoms with van der Waals surface area (Å²) in [6.45, 7) is 2.77. The Balaban J connectivity index is 2.15. The standard InChI is InChI=1S/C12H14BrNO/c1-8-7-14-11(6-12(8)15)9-3-2-4-10(13)5-9/h2-5,8,11,14H,6-7H2,1H3/t8-,11-/m1/s1. The van der Waals surface area contributed by atoms with Crippen LogP contribution in [0.4, 0.5) is 0 Å². The summed E-state index contributed by atoms with van der Waals surface area (Å²) in [5.74, 6) is 0.520. The number of carbonyl (C=O) groups is 1. The molecule has 1 aliphatic rings. The molecule has 2 atom stereocenters. The van der Waals surface area contributed by atoms with E-state index in [1.165, 1.54) is 5.56 Å². The predicted molar refractivity (Wildman–Crippen MR) is 63.7 cm³/mol. The zero-order chi connectivity index (χ0) is 10.8. The second-order valence-corrected chi connectivity index (χ2v) is 5.00. The number of hydrogen-bond donors (Lipinski definition) is 1. The first-order valence-corrected chi connectivity index (χ1v) is 5.97. The number of Topliss-reactive ketones (excluding diaryl/α,β-unsaturated/α-hetero) is 1. The number of ketones is 1. The van der Waals surface area contributed by atoms with E-state index in [0.717, 1.165) is 11.0 Å². The molecule has 2 nitrogen and oxygen atoms in total. The van der Waals surface area contributed by atoms with Crippen LogP contribution in [0.2, 0.25) is 0 Å². The predicted octanol–water partition coefficient (Wildman–Crippen LogP) is 2.69. The largest absolute Gasteiger partial charge is 0.309 e. The van der Waals surface area contributed by atoms with Crippen LogP contribution in [0.15, 0.2) is 28.7 Å². The minimum absolute atomic E-state index is 0.161. The van der Waals surface area contributed by atoms with Crippen LogP contribution >= 0.6 is 15.9 Å². The molecule has 1 aromatic carbocycles. The third-order valence-electron chi connectivity index (χ3n) is 2.88. The Hall–Kier alpha value is -0.670. The van der Waals surface area contributed by atoms with Gasteiger partial charge in [0.15, 0.2) is 0 Å². The van der Waals surface area contributed by atoms with Gasteiger partial charge in [-0.2, -0.15) is 0 Å². The summed E-state index contributed by atoms with van der Waals surface area (Å²) in [6.07, 6.45) is 0.609. The summed E-state index contributed by atoms with van der Waals surface area (Å²) in [7, 11) is 0. The second-order valence-electron chi connectivity index (χ2n) is 4.09. The van der Waals surface area contributed by atoms with Crippen molar-refractivity contribution in [3.63, 3.8) is 0 Å². The summed E-state index contributed by atoms with van der Waals surface area (Å²) in [4.78, 5) is 11.6. The van der Waals surface area contributed by atoms with Gasteiger partial charge in [-0.25, -0.2) is 0 Å². The van der Waals surface area contributed by atoms with Crippen LogP contribution in [-0.4, -0.2) is 12.3 Å². The first kappa shape index (κ1) is 10.8. The van der Waals surface area contributed by atoms with Crippen molar-refractivity contribution in [3.8, 4) is 0 Å². The van der Waals surface area contributed by atoms with Gasteiger partial charge in [0.05, 0.1) is 0 Å². The zero-order valence-corrected chi connectivity index (χ0v) is 10.3. The zero-order valence-electron chi connectivity index (χ0n) is 8.66. The number of benzene rings is 1. The van der Waals surface area contributed by atoms with Gasteiger partial charge < -0.3 is 5.32 Å². The Morgan fingerprint density at radius 2 is 2.27 bits per heavy atom. The lowest BCUT2D eigenvalue weighted by atomic mass is 9.91. The maximum absolute atomic E-state index is 11.6. The molecule has 0 amide bonds. The molecule has 1 heterocycles. The quantitative estimate of drug-likeness (QED) is 0.848. The molecule has 1 fully saturated rings. The molecule has 0 aromatic heterocycles. The highest BCUT2D eigenvalue weighted by atomic mass is 79.9. The molecule has 1 aromatic rings. The fourth-order valence-corrected chi connectivity index (χ4v) is 2.28. The van der Waals surface area contributed by atoms with Crippen LogP contribution in [-0.2, 0) is 4.79 Å². The van der Waals surface area contributed by atoms with Crippen molar-refractivity contribution in [1.82, 2.24) is 5.32 Å². The molecule has 0 saturated carbocycles. The number of carbonyl (C=O) groups excluding carboxylic acids is 1. The molecule has 0 spiro atoms. The van der Waals surface area contributed by atoms with Crippen LogP contribution in [0, 0.1) is 5.92 Å². The summed E-state index contributed by atoms with van der Waals surface area (Å²) in [5, 5.41) is 3.40. The van der Waals surface area contributed by atoms with Crippen molar-refractivity contribution in [2.75, 3.05) is 6.54 Å². The number of piperidine rings is 1. The Morgan fingerprint density at radius 1 is 1.47 bits per heavy atom. The minimum Gasteiger partial charge on any atom is -0.309 e. The highest BCUT2D eigenvalue weighted by molar-refractivity contribution is 9.10. The highest BCUT2D eigenvalue weighted by Crippen LogP contribution is 2.25. The van der Waals surface area contributed by atoms with E-state index in [9.17, 15) is 4.79 Å². The summed E-state index contributed by atoms with van der Waals surface area (Å²) in [6, 6.07) is 8.32. The molecular weight excluding hydrogens is 254 g/mol. The van der Waals surface area contributed by atoms with Gasteiger partial charge in [0.25, 0.3) is 0 Å². The van der Waals surface area contributed by atoms with Crippen LogP contribution in [0.5, 0.6) is 0 Å². The van der Waals surface area contributed by atoms with Crippen LogP contribution < -0.4 is 5.32 Å². The molecule has 0 bridgehead atoms. The molecule has 0 unspecified atom stereocenters. The topological polar surface area (TPSA) is 29.1 Å². The van der Waals surface area contributed by atoms with E-state index in [1.807, 2.05) is 19.1 Å². The Bertz CT molecular complexity index is 378. The second kappa shape index (κ2) is 4.45. The Morgan fingerprint density at radius 3 is 2.93 bits per heavy atom. The van der Waals surface area contributed by atoms with Gasteiger partial charge in [-0.1, -0.05) is 35.0 Å². The smallest absolute Gasteiger partial charge is 0.138 e. The first-order chi connectivity index (χ1) is 7.16. The lowest BCUT2D eigenvalue weighted by Crippen LogP contribution is -2.37. The van der Waals surface area contributed by atoms with Crippen molar-refractivity contribution in [2.24, 2.45) is 5.92 Å². The summed E-state index contributed by atoms with van der Waals surface area (Å²) < 4.78 is 1.06. The van der Waals surface area contributed by atoms with E-state index in [-0.39, 0.29) is 12.0 Å². The van der Waals surface area contributed by atoms with E-state index >= 15 is 0 Å². The van der Waals surface area contributed by atoms with Gasteiger partial charge in [0, 0.05) is 29.4 Å². The maximum Gasteiger partial charge on any atom is 0.138 e. The average Bonchev–Trinajstić information content (AvgIpc) is 2.22. The van der Waals surface area contributed by atoms with Crippen LogP contribution in [0.25, 0.3) is 0 Å². The van der Waals surface area contributed by atoms with Gasteiger partial charge in [0.1, 0.15) is 5.78 Å². The molecule has 3 heteroatoms. The molecule has 80 valence electrons. The van der Waals surface area contributed by atoms with Crippen LogP contribution in [0.3, 0.4) is 0 Å². The average molecular weight is 268 g/mol. The monoisotopic (exact) mass is 267 g/mol. The number of hydrogen-bond acceptors (Lipinski definition) is 2. The Kier molecular flexibility index (Phi) is 3.22. The Labute approximate surface area is 98.2 Å². The van der Waals surface area contributed by atoms with Crippen molar-refractivity contribution in [3.05, 3.63) is 34.3 Å². The molecule has 0 radical (unpaired) electrons.